The van der Waals surface area contributed by atoms with E-state index in [1.165, 1.54) is 16.7 Å². The number of carbonyl (C=O) groups excluding carboxylic acids is 2. The van der Waals surface area contributed by atoms with Crippen LogP contribution in [-0.2, 0) is 16.0 Å². The molecule has 1 aromatic rings. The van der Waals surface area contributed by atoms with Crippen molar-refractivity contribution in [1.82, 2.24) is 4.90 Å². The summed E-state index contributed by atoms with van der Waals surface area (Å²) in [6, 6.07) is 6.23. The molecule has 0 aliphatic carbocycles. The SMILES string of the molecule is CC[N+]1(CC(=O)Cc2c(C)cccc2C)CCCC(C(=O)N2CCCC2)C1. The molecule has 3 rings (SSSR count). The van der Waals surface area contributed by atoms with Gasteiger partial charge in [0.1, 0.15) is 6.54 Å². The molecule has 0 N–H and O–H groups in total. The molecule has 0 aromatic heterocycles. The van der Waals surface area contributed by atoms with Crippen LogP contribution in [-0.4, -0.2) is 60.3 Å². The zero-order valence-electron chi connectivity index (χ0n) is 17.3. The fourth-order valence-corrected chi connectivity index (χ4v) is 5.02. The van der Waals surface area contributed by atoms with Gasteiger partial charge in [-0.1, -0.05) is 18.2 Å². The van der Waals surface area contributed by atoms with Crippen LogP contribution in [0.15, 0.2) is 18.2 Å². The number of hydrogen-bond acceptors (Lipinski definition) is 2. The Labute approximate surface area is 164 Å². The Morgan fingerprint density at radius 2 is 1.78 bits per heavy atom. The van der Waals surface area contributed by atoms with Crippen LogP contribution in [0, 0.1) is 19.8 Å². The highest BCUT2D eigenvalue weighted by atomic mass is 16.2. The molecular formula is C23H35N2O2+. The van der Waals surface area contributed by atoms with E-state index < -0.39 is 0 Å². The third-order valence-electron chi connectivity index (χ3n) is 6.76. The van der Waals surface area contributed by atoms with Crippen molar-refractivity contribution in [3.8, 4) is 0 Å². The number of quaternary nitrogens is 1. The average molecular weight is 372 g/mol. The Morgan fingerprint density at radius 3 is 2.41 bits per heavy atom. The zero-order chi connectivity index (χ0) is 19.4. The number of Topliss-reactive ketones (excluding diaryl/α,β-unsaturated/α-hetero) is 1. The minimum atomic E-state index is 0.102. The molecule has 2 unspecified atom stereocenters. The van der Waals surface area contributed by atoms with Gasteiger partial charge in [-0.25, -0.2) is 0 Å². The van der Waals surface area contributed by atoms with Crippen LogP contribution in [0.1, 0.15) is 49.3 Å². The maximum absolute atomic E-state index is 13.0. The lowest BCUT2D eigenvalue weighted by Gasteiger charge is -2.43. The van der Waals surface area contributed by atoms with E-state index in [9.17, 15) is 9.59 Å². The first-order valence-electron chi connectivity index (χ1n) is 10.6. The van der Waals surface area contributed by atoms with Crippen LogP contribution >= 0.6 is 0 Å². The van der Waals surface area contributed by atoms with Gasteiger partial charge in [-0.05, 0) is 63.1 Å². The number of benzene rings is 1. The number of rotatable bonds is 6. The number of piperidine rings is 1. The molecule has 2 atom stereocenters. The maximum atomic E-state index is 13.0. The van der Waals surface area contributed by atoms with Gasteiger partial charge >= 0.3 is 0 Å². The van der Waals surface area contributed by atoms with E-state index in [0.717, 1.165) is 62.9 Å². The smallest absolute Gasteiger partial charge is 0.231 e. The van der Waals surface area contributed by atoms with Crippen LogP contribution in [0.5, 0.6) is 0 Å². The minimum absolute atomic E-state index is 0.102. The molecule has 4 nitrogen and oxygen atoms in total. The molecular weight excluding hydrogens is 336 g/mol. The Kier molecular flexibility index (Phi) is 6.36. The van der Waals surface area contributed by atoms with Crippen molar-refractivity contribution in [2.45, 2.75) is 52.9 Å². The van der Waals surface area contributed by atoms with Crippen LogP contribution in [0.3, 0.4) is 0 Å². The number of aryl methyl sites for hydroxylation is 2. The fraction of sp³-hybridized carbons (Fsp3) is 0.652. The lowest BCUT2D eigenvalue weighted by Crippen LogP contribution is -2.58. The second-order valence-corrected chi connectivity index (χ2v) is 8.68. The predicted octanol–water partition coefficient (Wildman–Crippen LogP) is 3.28. The summed E-state index contributed by atoms with van der Waals surface area (Å²) in [6.07, 6.45) is 4.83. The molecule has 0 radical (unpaired) electrons. The third kappa shape index (κ3) is 4.60. The van der Waals surface area contributed by atoms with E-state index in [0.29, 0.717) is 24.7 Å². The Bertz CT molecular complexity index is 673. The molecule has 1 amide bonds. The van der Waals surface area contributed by atoms with Crippen molar-refractivity contribution in [3.63, 3.8) is 0 Å². The summed E-state index contributed by atoms with van der Waals surface area (Å²) in [7, 11) is 0. The quantitative estimate of drug-likeness (QED) is 0.720. The number of likely N-dealkylation sites (N-methyl/N-ethyl adjacent to an activating group) is 1. The Balaban J connectivity index is 1.67. The van der Waals surface area contributed by atoms with Gasteiger partial charge in [-0.3, -0.25) is 9.59 Å². The highest BCUT2D eigenvalue weighted by Crippen LogP contribution is 2.27. The molecule has 0 spiro atoms. The highest BCUT2D eigenvalue weighted by molar-refractivity contribution is 5.83. The van der Waals surface area contributed by atoms with Crippen molar-refractivity contribution in [3.05, 3.63) is 34.9 Å². The standard InChI is InChI=1S/C23H35N2O2/c1-4-25(17-21(26)15-22-18(2)9-7-10-19(22)3)14-8-11-20(16-25)23(27)24-12-5-6-13-24/h7,9-10,20H,4-6,8,11-17H2,1-3H3/q+1. The van der Waals surface area contributed by atoms with Crippen molar-refractivity contribution < 1.29 is 14.1 Å². The number of nitrogens with zero attached hydrogens (tertiary/aromatic N) is 2. The fourth-order valence-electron chi connectivity index (χ4n) is 5.02. The summed E-state index contributed by atoms with van der Waals surface area (Å²) in [5.74, 6) is 0.749. The number of carbonyl (C=O) groups is 2. The number of ketones is 1. The van der Waals surface area contributed by atoms with Gasteiger partial charge in [0, 0.05) is 19.5 Å². The summed E-state index contributed by atoms with van der Waals surface area (Å²) in [5.41, 5.74) is 3.58. The molecule has 2 saturated heterocycles. The molecule has 2 aliphatic heterocycles. The molecule has 148 valence electrons. The van der Waals surface area contributed by atoms with Gasteiger partial charge in [0.25, 0.3) is 0 Å². The average Bonchev–Trinajstić information content (AvgIpc) is 3.19. The molecule has 1 aromatic carbocycles. The van der Waals surface area contributed by atoms with E-state index in [-0.39, 0.29) is 5.92 Å². The van der Waals surface area contributed by atoms with Crippen LogP contribution in [0.2, 0.25) is 0 Å². The molecule has 0 saturated carbocycles. The lowest BCUT2D eigenvalue weighted by atomic mass is 9.92. The van der Waals surface area contributed by atoms with E-state index in [4.69, 9.17) is 0 Å². The number of amides is 1. The van der Waals surface area contributed by atoms with Crippen LogP contribution in [0.4, 0.5) is 0 Å². The highest BCUT2D eigenvalue weighted by Gasteiger charge is 2.40. The Morgan fingerprint density at radius 1 is 1.11 bits per heavy atom. The van der Waals surface area contributed by atoms with Crippen LogP contribution in [0.25, 0.3) is 0 Å². The van der Waals surface area contributed by atoms with Crippen molar-refractivity contribution in [2.75, 3.05) is 39.3 Å². The van der Waals surface area contributed by atoms with Gasteiger partial charge in [0.2, 0.25) is 5.91 Å². The first kappa shape index (κ1) is 20.1. The normalized spacial score (nSPS) is 25.6. The molecule has 2 aliphatic rings. The maximum Gasteiger partial charge on any atom is 0.231 e. The summed E-state index contributed by atoms with van der Waals surface area (Å²) in [4.78, 5) is 27.9. The summed E-state index contributed by atoms with van der Waals surface area (Å²) < 4.78 is 0.786. The molecule has 4 heteroatoms. The summed E-state index contributed by atoms with van der Waals surface area (Å²) >= 11 is 0. The second-order valence-electron chi connectivity index (χ2n) is 8.68. The minimum Gasteiger partial charge on any atom is -0.342 e. The molecule has 27 heavy (non-hydrogen) atoms. The Hall–Kier alpha value is -1.68. The monoisotopic (exact) mass is 371 g/mol. The van der Waals surface area contributed by atoms with Gasteiger partial charge in [-0.15, -0.1) is 0 Å². The van der Waals surface area contributed by atoms with E-state index in [1.807, 2.05) is 0 Å². The van der Waals surface area contributed by atoms with Gasteiger partial charge in [-0.2, -0.15) is 0 Å². The largest absolute Gasteiger partial charge is 0.342 e. The third-order valence-corrected chi connectivity index (χ3v) is 6.76. The van der Waals surface area contributed by atoms with E-state index in [1.54, 1.807) is 0 Å². The first-order valence-corrected chi connectivity index (χ1v) is 10.6. The summed E-state index contributed by atoms with van der Waals surface area (Å²) in [5, 5.41) is 0. The second kappa shape index (κ2) is 8.55. The first-order chi connectivity index (χ1) is 12.9. The molecule has 2 heterocycles. The molecule has 0 bridgehead atoms. The zero-order valence-corrected chi connectivity index (χ0v) is 17.3. The predicted molar refractivity (Wildman–Crippen MR) is 109 cm³/mol. The number of likely N-dealkylation sites (tertiary alicyclic amines) is 2. The van der Waals surface area contributed by atoms with Crippen molar-refractivity contribution in [1.29, 1.82) is 0 Å². The van der Waals surface area contributed by atoms with Gasteiger partial charge in [0.15, 0.2) is 5.78 Å². The van der Waals surface area contributed by atoms with Crippen molar-refractivity contribution in [2.24, 2.45) is 5.92 Å². The van der Waals surface area contributed by atoms with E-state index in [2.05, 4.69) is 43.9 Å². The van der Waals surface area contributed by atoms with Gasteiger partial charge < -0.3 is 9.38 Å². The van der Waals surface area contributed by atoms with Gasteiger partial charge in [0.05, 0.1) is 25.6 Å². The summed E-state index contributed by atoms with van der Waals surface area (Å²) in [6.45, 7) is 11.6. The molecule has 2 fully saturated rings. The van der Waals surface area contributed by atoms with Crippen LogP contribution < -0.4 is 0 Å². The number of hydrogen-bond donors (Lipinski definition) is 0. The topological polar surface area (TPSA) is 37.4 Å². The van der Waals surface area contributed by atoms with E-state index >= 15 is 0 Å². The van der Waals surface area contributed by atoms with Crippen molar-refractivity contribution >= 4 is 11.7 Å². The lowest BCUT2D eigenvalue weighted by molar-refractivity contribution is -0.925.